The number of nitrogens with zero attached hydrogens (tertiary/aromatic N) is 4. The van der Waals surface area contributed by atoms with E-state index in [2.05, 4.69) is 15.8 Å². The van der Waals surface area contributed by atoms with E-state index in [9.17, 15) is 33.9 Å². The molecule has 5 N–H and O–H groups in total. The van der Waals surface area contributed by atoms with Gasteiger partial charge in [0.05, 0.1) is 16.6 Å². The number of carboxylic acids is 1. The van der Waals surface area contributed by atoms with Crippen molar-refractivity contribution in [2.45, 2.75) is 61.8 Å². The Labute approximate surface area is 357 Å². The number of rotatable bonds is 13. The van der Waals surface area contributed by atoms with Crippen molar-refractivity contribution in [2.24, 2.45) is 5.16 Å². The molecule has 0 radical (unpaired) electrons. The Bertz CT molecular complexity index is 2450. The van der Waals surface area contributed by atoms with Gasteiger partial charge in [0.25, 0.3) is 11.8 Å². The Balaban J connectivity index is 0.990. The first-order chi connectivity index (χ1) is 29.6. The van der Waals surface area contributed by atoms with Crippen LogP contribution in [0.15, 0.2) is 125 Å². The van der Waals surface area contributed by atoms with Crippen LogP contribution in [0.3, 0.4) is 0 Å². The smallest absolute Gasteiger partial charge is 0.352 e. The minimum Gasteiger partial charge on any atom is -0.504 e. The van der Waals surface area contributed by atoms with Gasteiger partial charge in [0.2, 0.25) is 0 Å². The number of carbonyl (C=O) groups is 3. The first kappa shape index (κ1) is 40.1. The first-order valence-electron chi connectivity index (χ1n) is 20.0. The summed E-state index contributed by atoms with van der Waals surface area (Å²) in [5, 5.41) is 42.1. The van der Waals surface area contributed by atoms with Gasteiger partial charge in [0.15, 0.2) is 22.3 Å². The average molecular weight is 859 g/mol. The fourth-order valence-electron chi connectivity index (χ4n) is 8.77. The molecular formula is C45H42N6O8S2. The number of aromatic hydroxyl groups is 2. The quantitative estimate of drug-likeness (QED) is 0.0335. The van der Waals surface area contributed by atoms with Crippen LogP contribution in [0.1, 0.15) is 59.2 Å². The number of phenols is 2. The highest BCUT2D eigenvalue weighted by molar-refractivity contribution is 7.86. The number of benzene rings is 4. The molecule has 2 amide bonds. The molecule has 1 saturated carbocycles. The zero-order valence-electron chi connectivity index (χ0n) is 32.8. The monoisotopic (exact) mass is 858 g/mol. The number of carboxylic acid groups (broad SMARTS) is 1. The first-order valence-corrected chi connectivity index (χ1v) is 22.2. The highest BCUT2D eigenvalue weighted by Crippen LogP contribution is 2.41. The maximum absolute atomic E-state index is 14.3. The van der Waals surface area contributed by atoms with Crippen molar-refractivity contribution in [1.29, 1.82) is 0 Å². The highest BCUT2D eigenvalue weighted by Gasteiger charge is 2.57. The number of thiazole rings is 1. The SMILES string of the molecule is O=C(O)C1=C(CN2Cc3cc(O)c(O)cc3C2)CS(=O)[C@@H]2C(NC(=O)/C(=N\OC3CCCC3)c3csc(NC(c4ccccc4)(c4ccccc4)c4ccccc4)n3)C(=O)N12. The third-order valence-electron chi connectivity index (χ3n) is 11.7. The van der Waals surface area contributed by atoms with Crippen molar-refractivity contribution in [3.63, 3.8) is 0 Å². The van der Waals surface area contributed by atoms with Gasteiger partial charge in [-0.05, 0) is 71.2 Å². The molecule has 2 unspecified atom stereocenters. The van der Waals surface area contributed by atoms with Gasteiger partial charge in [-0.1, -0.05) is 96.2 Å². The fraction of sp³-hybridized carbons (Fsp3) is 0.267. The molecule has 0 spiro atoms. The number of anilines is 1. The topological polar surface area (TPSA) is 194 Å². The van der Waals surface area contributed by atoms with E-state index >= 15 is 0 Å². The summed E-state index contributed by atoms with van der Waals surface area (Å²) in [5.74, 6) is -3.49. The third kappa shape index (κ3) is 7.55. The standard InChI is InChI=1S/C45H42N6O8S2/c52-35-20-27-22-50(23-28(27)21-36(35)53)24-29-26-61(58)42-38(41(55)51(42)39(29)43(56)57)47-40(54)37(49-59-33-18-10-11-19-33)34-25-60-44(46-34)48-45(30-12-4-1-5-13-30,31-14-6-2-7-15-31)32-16-8-3-9-17-32/h1-9,12-17,20-21,25,33,38,42,52-53H,10-11,18-19,22-24,26H2,(H,46,48)(H,47,54)(H,56,57)/b49-37-/t38?,42-,61?/m1/s1. The van der Waals surface area contributed by atoms with Crippen LogP contribution in [0.25, 0.3) is 0 Å². The number of aromatic nitrogens is 1. The Morgan fingerprint density at radius 3 is 1.98 bits per heavy atom. The molecule has 3 aliphatic heterocycles. The predicted molar refractivity (Wildman–Crippen MR) is 229 cm³/mol. The summed E-state index contributed by atoms with van der Waals surface area (Å²) in [6.45, 7) is 0.798. The van der Waals surface area contributed by atoms with E-state index in [1.807, 2.05) is 95.9 Å². The van der Waals surface area contributed by atoms with Crippen molar-refractivity contribution in [1.82, 2.24) is 20.1 Å². The maximum Gasteiger partial charge on any atom is 0.352 e. The van der Waals surface area contributed by atoms with Crippen molar-refractivity contribution in [3.8, 4) is 11.5 Å². The van der Waals surface area contributed by atoms with Gasteiger partial charge in [-0.2, -0.15) is 0 Å². The normalized spacial score (nSPS) is 20.5. The number of phenolic OH excluding ortho intramolecular Hbond substituents is 2. The van der Waals surface area contributed by atoms with E-state index < -0.39 is 45.5 Å². The van der Waals surface area contributed by atoms with Crippen molar-refractivity contribution >= 4 is 50.8 Å². The molecule has 9 rings (SSSR count). The Morgan fingerprint density at radius 2 is 1.44 bits per heavy atom. The van der Waals surface area contributed by atoms with Crippen LogP contribution in [-0.4, -0.2) is 87.6 Å². The van der Waals surface area contributed by atoms with Gasteiger partial charge in [-0.15, -0.1) is 11.3 Å². The minimum absolute atomic E-state index is 0.0900. The van der Waals surface area contributed by atoms with Crippen LogP contribution >= 0.6 is 11.3 Å². The Morgan fingerprint density at radius 1 is 0.885 bits per heavy atom. The molecule has 5 aromatic rings. The van der Waals surface area contributed by atoms with Gasteiger partial charge in [0, 0.05) is 25.0 Å². The number of aliphatic carboxylic acids is 1. The molecule has 14 nitrogen and oxygen atoms in total. The van der Waals surface area contributed by atoms with Crippen molar-refractivity contribution < 1.29 is 38.7 Å². The van der Waals surface area contributed by atoms with Crippen LogP contribution in [0.5, 0.6) is 11.5 Å². The van der Waals surface area contributed by atoms with E-state index in [4.69, 9.17) is 9.82 Å². The van der Waals surface area contributed by atoms with Gasteiger partial charge >= 0.3 is 5.97 Å². The van der Waals surface area contributed by atoms with Gasteiger partial charge in [-0.3, -0.25) is 23.6 Å². The maximum atomic E-state index is 14.3. The summed E-state index contributed by atoms with van der Waals surface area (Å²) in [7, 11) is -1.78. The zero-order chi connectivity index (χ0) is 42.3. The van der Waals surface area contributed by atoms with E-state index in [-0.39, 0.29) is 47.0 Å². The van der Waals surface area contributed by atoms with Gasteiger partial charge in [-0.25, -0.2) is 9.78 Å². The summed E-state index contributed by atoms with van der Waals surface area (Å²) in [5.41, 5.74) is 3.56. The molecule has 3 atom stereocenters. The molecule has 1 aromatic heterocycles. The molecule has 4 aromatic carbocycles. The molecular weight excluding hydrogens is 817 g/mol. The third-order valence-corrected chi connectivity index (χ3v) is 14.1. The summed E-state index contributed by atoms with van der Waals surface area (Å²) in [6, 6.07) is 31.6. The molecule has 2 fully saturated rings. The van der Waals surface area contributed by atoms with Crippen molar-refractivity contribution in [2.75, 3.05) is 17.6 Å². The van der Waals surface area contributed by atoms with E-state index in [0.29, 0.717) is 23.8 Å². The van der Waals surface area contributed by atoms with Crippen LogP contribution in [0, 0.1) is 0 Å². The van der Waals surface area contributed by atoms with E-state index in [1.54, 1.807) is 5.38 Å². The predicted octanol–water partition coefficient (Wildman–Crippen LogP) is 5.39. The van der Waals surface area contributed by atoms with E-state index in [0.717, 1.165) is 58.4 Å². The zero-order valence-corrected chi connectivity index (χ0v) is 34.4. The second-order valence-electron chi connectivity index (χ2n) is 15.5. The molecule has 0 bridgehead atoms. The number of β-lactam (4-membered cyclic amide) rings is 1. The molecule has 312 valence electrons. The highest BCUT2D eigenvalue weighted by atomic mass is 32.2. The lowest BCUT2D eigenvalue weighted by Crippen LogP contribution is -2.74. The number of oxime groups is 1. The second kappa shape index (κ2) is 16.6. The second-order valence-corrected chi connectivity index (χ2v) is 17.9. The summed E-state index contributed by atoms with van der Waals surface area (Å²) in [4.78, 5) is 54.5. The van der Waals surface area contributed by atoms with Gasteiger partial charge < -0.3 is 30.8 Å². The number of hydrogen-bond acceptors (Lipinski definition) is 12. The lowest BCUT2D eigenvalue weighted by molar-refractivity contribution is -0.150. The summed E-state index contributed by atoms with van der Waals surface area (Å²) < 4.78 is 13.9. The number of nitrogens with one attached hydrogen (secondary N) is 2. The van der Waals surface area contributed by atoms with E-state index in [1.165, 1.54) is 23.5 Å². The largest absolute Gasteiger partial charge is 0.504 e. The number of hydrogen-bond donors (Lipinski definition) is 5. The lowest BCUT2D eigenvalue weighted by atomic mass is 9.77. The molecule has 4 aliphatic rings. The van der Waals surface area contributed by atoms with Crippen molar-refractivity contribution in [3.05, 3.63) is 153 Å². The Hall–Kier alpha value is -6.36. The molecule has 4 heterocycles. The number of carbonyl (C=O) groups excluding carboxylic acids is 2. The number of fused-ring (bicyclic) bond motifs is 2. The minimum atomic E-state index is -1.78. The average Bonchev–Trinajstić information content (AvgIpc) is 4.05. The molecule has 1 aliphatic carbocycles. The molecule has 1 saturated heterocycles. The van der Waals surface area contributed by atoms with Crippen LogP contribution in [-0.2, 0) is 48.6 Å². The summed E-state index contributed by atoms with van der Waals surface area (Å²) >= 11 is 1.27. The lowest BCUT2D eigenvalue weighted by Gasteiger charge is -2.49. The van der Waals surface area contributed by atoms with Gasteiger partial charge in [0.1, 0.15) is 34.4 Å². The fourth-order valence-corrected chi connectivity index (χ4v) is 11.2. The van der Waals surface area contributed by atoms with Crippen LogP contribution < -0.4 is 10.6 Å². The van der Waals surface area contributed by atoms with Crippen LogP contribution in [0.2, 0.25) is 0 Å². The molecule has 61 heavy (non-hydrogen) atoms. The Kier molecular flexibility index (Phi) is 10.9. The summed E-state index contributed by atoms with van der Waals surface area (Å²) in [6.07, 6.45) is 3.27. The number of amides is 2. The molecule has 16 heteroatoms. The van der Waals surface area contributed by atoms with Crippen LogP contribution in [0.4, 0.5) is 5.13 Å².